The average Bonchev–Trinajstić information content (AvgIpc) is 2.84. The number of carbonyl (C=O) groups is 1. The zero-order chi connectivity index (χ0) is 10.8. The second-order valence-electron chi connectivity index (χ2n) is 4.92. The van der Waals surface area contributed by atoms with Crippen LogP contribution in [0.5, 0.6) is 0 Å². The van der Waals surface area contributed by atoms with Crippen molar-refractivity contribution in [3.8, 4) is 0 Å². The van der Waals surface area contributed by atoms with Crippen LogP contribution in [0.1, 0.15) is 40.0 Å². The zero-order valence-corrected chi connectivity index (χ0v) is 9.55. The molecule has 2 N–H and O–H groups in total. The summed E-state index contributed by atoms with van der Waals surface area (Å²) in [6.45, 7) is 7.41. The summed E-state index contributed by atoms with van der Waals surface area (Å²) in [4.78, 5) is 13.8. The molecule has 0 radical (unpaired) electrons. The van der Waals surface area contributed by atoms with Crippen molar-refractivity contribution in [2.24, 2.45) is 11.7 Å². The Morgan fingerprint density at radius 3 is 2.43 bits per heavy atom. The molecule has 1 rings (SSSR count). The van der Waals surface area contributed by atoms with E-state index in [-0.39, 0.29) is 5.91 Å². The first-order chi connectivity index (χ1) is 6.45. The molecule has 1 amide bonds. The summed E-state index contributed by atoms with van der Waals surface area (Å²) in [6, 6.07) is 0. The molecule has 0 aromatic rings. The van der Waals surface area contributed by atoms with Gasteiger partial charge in [0.15, 0.2) is 0 Å². The molecule has 0 unspecified atom stereocenters. The highest BCUT2D eigenvalue weighted by molar-refractivity contribution is 5.85. The van der Waals surface area contributed by atoms with Gasteiger partial charge in [-0.25, -0.2) is 0 Å². The number of hydrogen-bond acceptors (Lipinski definition) is 2. The van der Waals surface area contributed by atoms with Crippen molar-refractivity contribution in [2.45, 2.75) is 45.6 Å². The van der Waals surface area contributed by atoms with E-state index in [1.165, 1.54) is 12.8 Å². The molecule has 0 saturated heterocycles. The molecule has 0 atom stereocenters. The van der Waals surface area contributed by atoms with E-state index in [9.17, 15) is 4.79 Å². The van der Waals surface area contributed by atoms with Gasteiger partial charge in [0.2, 0.25) is 5.91 Å². The van der Waals surface area contributed by atoms with E-state index < -0.39 is 5.54 Å². The Balaban J connectivity index is 2.51. The Morgan fingerprint density at radius 1 is 1.50 bits per heavy atom. The molecule has 1 aliphatic rings. The maximum Gasteiger partial charge on any atom is 0.242 e. The van der Waals surface area contributed by atoms with Gasteiger partial charge in [0.1, 0.15) is 0 Å². The Bertz CT molecular complexity index is 204. The van der Waals surface area contributed by atoms with Crippen LogP contribution in [0.2, 0.25) is 0 Å². The maximum atomic E-state index is 11.9. The Morgan fingerprint density at radius 2 is 2.07 bits per heavy atom. The van der Waals surface area contributed by atoms with Gasteiger partial charge in [-0.05, 0) is 39.0 Å². The topological polar surface area (TPSA) is 46.3 Å². The number of hydrogen-bond donors (Lipinski definition) is 1. The quantitative estimate of drug-likeness (QED) is 0.725. The van der Waals surface area contributed by atoms with Gasteiger partial charge in [0.25, 0.3) is 0 Å². The second-order valence-corrected chi connectivity index (χ2v) is 4.92. The van der Waals surface area contributed by atoms with Gasteiger partial charge in [-0.2, -0.15) is 0 Å². The van der Waals surface area contributed by atoms with Crippen LogP contribution in [0.3, 0.4) is 0 Å². The molecule has 1 saturated carbocycles. The molecule has 0 aliphatic heterocycles. The minimum absolute atomic E-state index is 0.0891. The lowest BCUT2D eigenvalue weighted by Gasteiger charge is -2.29. The minimum atomic E-state index is -0.718. The number of nitrogens with two attached hydrogens (primary N) is 1. The van der Waals surface area contributed by atoms with Crippen LogP contribution in [0, 0.1) is 5.92 Å². The van der Waals surface area contributed by atoms with Crippen molar-refractivity contribution in [1.82, 2.24) is 4.90 Å². The summed E-state index contributed by atoms with van der Waals surface area (Å²) >= 11 is 0. The molecular weight excluding hydrogens is 176 g/mol. The maximum absolute atomic E-state index is 11.9. The third kappa shape index (κ3) is 3.29. The molecule has 1 fully saturated rings. The van der Waals surface area contributed by atoms with Crippen molar-refractivity contribution < 1.29 is 4.79 Å². The van der Waals surface area contributed by atoms with Crippen LogP contribution in [0.25, 0.3) is 0 Å². The van der Waals surface area contributed by atoms with Gasteiger partial charge in [-0.15, -0.1) is 0 Å². The predicted molar refractivity (Wildman–Crippen MR) is 57.9 cm³/mol. The Labute approximate surface area is 86.6 Å². The number of rotatable bonds is 5. The van der Waals surface area contributed by atoms with E-state index in [0.717, 1.165) is 25.4 Å². The predicted octanol–water partition coefficient (Wildman–Crippen LogP) is 1.37. The fourth-order valence-electron chi connectivity index (χ4n) is 1.57. The smallest absolute Gasteiger partial charge is 0.242 e. The lowest BCUT2D eigenvalue weighted by atomic mass is 10.1. The molecule has 0 aromatic heterocycles. The fraction of sp³-hybridized carbons (Fsp3) is 0.909. The molecule has 14 heavy (non-hydrogen) atoms. The molecule has 1 aliphatic carbocycles. The van der Waals surface area contributed by atoms with Crippen LogP contribution in [-0.4, -0.2) is 29.4 Å². The SMILES string of the molecule is CCCN(CC1CC1)C(=O)C(C)(C)N. The fourth-order valence-corrected chi connectivity index (χ4v) is 1.57. The van der Waals surface area contributed by atoms with Crippen LogP contribution < -0.4 is 5.73 Å². The van der Waals surface area contributed by atoms with E-state index in [0.29, 0.717) is 0 Å². The third-order valence-electron chi connectivity index (χ3n) is 2.51. The Kier molecular flexibility index (Phi) is 3.53. The van der Waals surface area contributed by atoms with Crippen molar-refractivity contribution in [3.05, 3.63) is 0 Å². The highest BCUT2D eigenvalue weighted by Gasteiger charge is 2.31. The summed E-state index contributed by atoms with van der Waals surface area (Å²) in [6.07, 6.45) is 3.56. The highest BCUT2D eigenvalue weighted by Crippen LogP contribution is 2.30. The summed E-state index contributed by atoms with van der Waals surface area (Å²) in [7, 11) is 0. The first-order valence-corrected chi connectivity index (χ1v) is 5.53. The minimum Gasteiger partial charge on any atom is -0.341 e. The highest BCUT2D eigenvalue weighted by atomic mass is 16.2. The third-order valence-corrected chi connectivity index (χ3v) is 2.51. The molecule has 0 bridgehead atoms. The molecule has 82 valence electrons. The first-order valence-electron chi connectivity index (χ1n) is 5.53. The number of amides is 1. The summed E-state index contributed by atoms with van der Waals surface area (Å²) in [5, 5.41) is 0. The Hall–Kier alpha value is -0.570. The number of carbonyl (C=O) groups excluding carboxylic acids is 1. The molecule has 0 spiro atoms. The zero-order valence-electron chi connectivity index (χ0n) is 9.55. The van der Waals surface area contributed by atoms with Gasteiger partial charge in [-0.1, -0.05) is 6.92 Å². The summed E-state index contributed by atoms with van der Waals surface area (Å²) in [5.74, 6) is 0.833. The van der Waals surface area contributed by atoms with E-state index in [1.807, 2.05) is 4.90 Å². The summed E-state index contributed by atoms with van der Waals surface area (Å²) in [5.41, 5.74) is 5.10. The van der Waals surface area contributed by atoms with E-state index in [1.54, 1.807) is 13.8 Å². The molecular formula is C11H22N2O. The van der Waals surface area contributed by atoms with Crippen molar-refractivity contribution >= 4 is 5.91 Å². The standard InChI is InChI=1S/C11H22N2O/c1-4-7-13(8-9-5-6-9)10(14)11(2,3)12/h9H,4-8,12H2,1-3H3. The van der Waals surface area contributed by atoms with Crippen molar-refractivity contribution in [1.29, 1.82) is 0 Å². The molecule has 3 nitrogen and oxygen atoms in total. The van der Waals surface area contributed by atoms with Gasteiger partial charge in [0.05, 0.1) is 5.54 Å². The van der Waals surface area contributed by atoms with E-state index in [2.05, 4.69) is 6.92 Å². The largest absolute Gasteiger partial charge is 0.341 e. The molecule has 3 heteroatoms. The molecule has 0 heterocycles. The number of nitrogens with zero attached hydrogens (tertiary/aromatic N) is 1. The van der Waals surface area contributed by atoms with Crippen LogP contribution in [0.4, 0.5) is 0 Å². The monoisotopic (exact) mass is 198 g/mol. The van der Waals surface area contributed by atoms with Crippen molar-refractivity contribution in [2.75, 3.05) is 13.1 Å². The van der Waals surface area contributed by atoms with Crippen LogP contribution in [-0.2, 0) is 4.79 Å². The first kappa shape index (κ1) is 11.5. The normalized spacial score (nSPS) is 16.9. The summed E-state index contributed by atoms with van der Waals surface area (Å²) < 4.78 is 0. The van der Waals surface area contributed by atoms with E-state index in [4.69, 9.17) is 5.73 Å². The molecule has 0 aromatic carbocycles. The van der Waals surface area contributed by atoms with Crippen LogP contribution >= 0.6 is 0 Å². The van der Waals surface area contributed by atoms with Gasteiger partial charge >= 0.3 is 0 Å². The van der Waals surface area contributed by atoms with E-state index >= 15 is 0 Å². The van der Waals surface area contributed by atoms with Gasteiger partial charge < -0.3 is 10.6 Å². The van der Waals surface area contributed by atoms with Gasteiger partial charge in [-0.3, -0.25) is 4.79 Å². The van der Waals surface area contributed by atoms with Gasteiger partial charge in [0, 0.05) is 13.1 Å². The average molecular weight is 198 g/mol. The second kappa shape index (κ2) is 4.30. The lowest BCUT2D eigenvalue weighted by Crippen LogP contribution is -2.51. The van der Waals surface area contributed by atoms with Crippen LogP contribution in [0.15, 0.2) is 0 Å². The van der Waals surface area contributed by atoms with Crippen molar-refractivity contribution in [3.63, 3.8) is 0 Å². The lowest BCUT2D eigenvalue weighted by molar-refractivity contribution is -0.136.